The number of anilines is 1. The van der Waals surface area contributed by atoms with Crippen LogP contribution in [0.3, 0.4) is 0 Å². The van der Waals surface area contributed by atoms with Crippen molar-refractivity contribution in [1.29, 1.82) is 0 Å². The SMILES string of the molecule is C[C@H]1CCc2sc(NC(=O)c3ccc(Cl)cc3Cl)c(C(N)=O)c2C1. The molecule has 0 spiro atoms. The standard InChI is InChI=1S/C17H16Cl2N2O2S/c1-8-2-5-13-11(6-8)14(15(20)22)17(24-13)21-16(23)10-4-3-9(18)7-12(10)19/h3-4,7-8H,2,5-6H2,1H3,(H2,20,22)(H,21,23)/t8-/m0/s1. The third-order valence-electron chi connectivity index (χ3n) is 4.16. The van der Waals surface area contributed by atoms with Gasteiger partial charge in [-0.1, -0.05) is 30.1 Å². The molecule has 7 heteroatoms. The first-order valence-electron chi connectivity index (χ1n) is 7.57. The van der Waals surface area contributed by atoms with Crippen molar-refractivity contribution in [1.82, 2.24) is 0 Å². The molecule has 0 saturated heterocycles. The molecule has 1 aliphatic carbocycles. The van der Waals surface area contributed by atoms with Gasteiger partial charge in [-0.3, -0.25) is 9.59 Å². The Hall–Kier alpha value is -1.56. The van der Waals surface area contributed by atoms with E-state index in [2.05, 4.69) is 12.2 Å². The van der Waals surface area contributed by atoms with E-state index in [4.69, 9.17) is 28.9 Å². The van der Waals surface area contributed by atoms with Gasteiger partial charge in [0.2, 0.25) is 0 Å². The van der Waals surface area contributed by atoms with Crippen LogP contribution in [0.2, 0.25) is 10.0 Å². The highest BCUT2D eigenvalue weighted by Crippen LogP contribution is 2.39. The molecule has 0 fully saturated rings. The van der Waals surface area contributed by atoms with Crippen LogP contribution in [0, 0.1) is 5.92 Å². The van der Waals surface area contributed by atoms with Crippen LogP contribution in [0.1, 0.15) is 44.5 Å². The van der Waals surface area contributed by atoms with Gasteiger partial charge in [0.25, 0.3) is 11.8 Å². The van der Waals surface area contributed by atoms with Gasteiger partial charge < -0.3 is 11.1 Å². The number of benzene rings is 1. The van der Waals surface area contributed by atoms with Crippen LogP contribution >= 0.6 is 34.5 Å². The first-order chi connectivity index (χ1) is 11.4. The van der Waals surface area contributed by atoms with Gasteiger partial charge >= 0.3 is 0 Å². The van der Waals surface area contributed by atoms with Gasteiger partial charge in [-0.15, -0.1) is 11.3 Å². The van der Waals surface area contributed by atoms with Gasteiger partial charge in [0.15, 0.2) is 0 Å². The number of nitrogens with one attached hydrogen (secondary N) is 1. The summed E-state index contributed by atoms with van der Waals surface area (Å²) in [6, 6.07) is 4.66. The molecule has 0 saturated carbocycles. The minimum Gasteiger partial charge on any atom is -0.365 e. The van der Waals surface area contributed by atoms with Gasteiger partial charge in [0.1, 0.15) is 5.00 Å². The Labute approximate surface area is 153 Å². The van der Waals surface area contributed by atoms with E-state index in [9.17, 15) is 9.59 Å². The fourth-order valence-electron chi connectivity index (χ4n) is 2.95. The molecule has 4 nitrogen and oxygen atoms in total. The predicted molar refractivity (Wildman–Crippen MR) is 98.4 cm³/mol. The number of nitrogens with two attached hydrogens (primary N) is 1. The highest BCUT2D eigenvalue weighted by Gasteiger charge is 2.27. The molecule has 3 N–H and O–H groups in total. The summed E-state index contributed by atoms with van der Waals surface area (Å²) < 4.78 is 0. The quantitative estimate of drug-likeness (QED) is 0.817. The summed E-state index contributed by atoms with van der Waals surface area (Å²) in [7, 11) is 0. The predicted octanol–water partition coefficient (Wildman–Crippen LogP) is 4.53. The summed E-state index contributed by atoms with van der Waals surface area (Å²) in [6.45, 7) is 2.15. The largest absolute Gasteiger partial charge is 0.365 e. The lowest BCUT2D eigenvalue weighted by molar-refractivity contribution is 0.1000. The van der Waals surface area contributed by atoms with Crippen molar-refractivity contribution in [3.63, 3.8) is 0 Å². The zero-order chi connectivity index (χ0) is 17.4. The Morgan fingerprint density at radius 1 is 1.33 bits per heavy atom. The highest BCUT2D eigenvalue weighted by atomic mass is 35.5. The van der Waals surface area contributed by atoms with Gasteiger partial charge in [-0.05, 0) is 48.9 Å². The molecule has 126 valence electrons. The topological polar surface area (TPSA) is 72.2 Å². The van der Waals surface area contributed by atoms with Crippen LogP contribution in [0.25, 0.3) is 0 Å². The van der Waals surface area contributed by atoms with E-state index in [1.54, 1.807) is 12.1 Å². The molecule has 0 bridgehead atoms. The number of carbonyl (C=O) groups excluding carboxylic acids is 2. The van der Waals surface area contributed by atoms with E-state index in [0.29, 0.717) is 27.1 Å². The summed E-state index contributed by atoms with van der Waals surface area (Å²) in [5, 5.41) is 4.00. The zero-order valence-electron chi connectivity index (χ0n) is 13.0. The smallest absolute Gasteiger partial charge is 0.257 e. The molecule has 1 heterocycles. The van der Waals surface area contributed by atoms with Crippen molar-refractivity contribution in [3.05, 3.63) is 49.8 Å². The first-order valence-corrected chi connectivity index (χ1v) is 9.14. The van der Waals surface area contributed by atoms with Crippen molar-refractivity contribution < 1.29 is 9.59 Å². The van der Waals surface area contributed by atoms with E-state index < -0.39 is 5.91 Å². The summed E-state index contributed by atoms with van der Waals surface area (Å²) in [5.41, 5.74) is 7.27. The second-order valence-electron chi connectivity index (χ2n) is 6.00. The number of fused-ring (bicyclic) bond motifs is 1. The third kappa shape index (κ3) is 3.29. The van der Waals surface area contributed by atoms with Crippen molar-refractivity contribution in [3.8, 4) is 0 Å². The average Bonchev–Trinajstić information content (AvgIpc) is 2.84. The van der Waals surface area contributed by atoms with E-state index in [1.165, 1.54) is 17.4 Å². The van der Waals surface area contributed by atoms with Crippen molar-refractivity contribution >= 4 is 51.4 Å². The monoisotopic (exact) mass is 382 g/mol. The first kappa shape index (κ1) is 17.3. The molecule has 0 unspecified atom stereocenters. The molecule has 1 aliphatic rings. The molecule has 2 aromatic rings. The summed E-state index contributed by atoms with van der Waals surface area (Å²) in [5.74, 6) is -0.399. The third-order valence-corrected chi connectivity index (χ3v) is 5.91. The Morgan fingerprint density at radius 3 is 2.75 bits per heavy atom. The molecule has 2 amide bonds. The number of hydrogen-bond donors (Lipinski definition) is 2. The van der Waals surface area contributed by atoms with Crippen LogP contribution in [-0.2, 0) is 12.8 Å². The minimum atomic E-state index is -0.515. The maximum atomic E-state index is 12.5. The lowest BCUT2D eigenvalue weighted by atomic mass is 9.87. The molecule has 0 aliphatic heterocycles. The minimum absolute atomic E-state index is 0.260. The normalized spacial score (nSPS) is 16.5. The maximum Gasteiger partial charge on any atom is 0.257 e. The number of hydrogen-bond acceptors (Lipinski definition) is 3. The molecule has 1 aromatic heterocycles. The zero-order valence-corrected chi connectivity index (χ0v) is 15.3. The fourth-order valence-corrected chi connectivity index (χ4v) is 4.69. The van der Waals surface area contributed by atoms with Crippen LogP contribution in [0.15, 0.2) is 18.2 Å². The van der Waals surface area contributed by atoms with Crippen molar-refractivity contribution in [2.75, 3.05) is 5.32 Å². The van der Waals surface area contributed by atoms with E-state index >= 15 is 0 Å². The number of aryl methyl sites for hydroxylation is 1. The van der Waals surface area contributed by atoms with Crippen LogP contribution < -0.4 is 11.1 Å². The Balaban J connectivity index is 1.95. The van der Waals surface area contributed by atoms with Gasteiger partial charge in [0, 0.05) is 9.90 Å². The second kappa shape index (κ2) is 6.75. The molecule has 3 rings (SSSR count). The van der Waals surface area contributed by atoms with Crippen molar-refractivity contribution in [2.45, 2.75) is 26.2 Å². The Kier molecular flexibility index (Phi) is 4.85. The number of thiophene rings is 1. The molecule has 0 radical (unpaired) electrons. The number of rotatable bonds is 3. The highest BCUT2D eigenvalue weighted by molar-refractivity contribution is 7.17. The van der Waals surface area contributed by atoms with E-state index in [1.807, 2.05) is 0 Å². The van der Waals surface area contributed by atoms with Crippen LogP contribution in [0.5, 0.6) is 0 Å². The molecule has 1 aromatic carbocycles. The molecular weight excluding hydrogens is 367 g/mol. The van der Waals surface area contributed by atoms with Gasteiger partial charge in [-0.2, -0.15) is 0 Å². The molecule has 1 atom stereocenters. The van der Waals surface area contributed by atoms with Gasteiger partial charge in [-0.25, -0.2) is 0 Å². The summed E-state index contributed by atoms with van der Waals surface area (Å²) in [6.07, 6.45) is 2.78. The summed E-state index contributed by atoms with van der Waals surface area (Å²) >= 11 is 13.4. The number of halogens is 2. The lowest BCUT2D eigenvalue weighted by Crippen LogP contribution is -2.20. The van der Waals surface area contributed by atoms with E-state index in [0.717, 1.165) is 29.7 Å². The molecular formula is C17H16Cl2N2O2S. The fraction of sp³-hybridized carbons (Fsp3) is 0.294. The molecule has 24 heavy (non-hydrogen) atoms. The van der Waals surface area contributed by atoms with Gasteiger partial charge in [0.05, 0.1) is 16.1 Å². The Bertz CT molecular complexity index is 832. The van der Waals surface area contributed by atoms with Crippen LogP contribution in [-0.4, -0.2) is 11.8 Å². The number of amides is 2. The lowest BCUT2D eigenvalue weighted by Gasteiger charge is -2.18. The maximum absolute atomic E-state index is 12.5. The number of carbonyl (C=O) groups is 2. The Morgan fingerprint density at radius 2 is 2.08 bits per heavy atom. The number of primary amides is 1. The average molecular weight is 383 g/mol. The van der Waals surface area contributed by atoms with E-state index in [-0.39, 0.29) is 10.9 Å². The summed E-state index contributed by atoms with van der Waals surface area (Å²) in [4.78, 5) is 25.6. The second-order valence-corrected chi connectivity index (χ2v) is 7.95. The van der Waals surface area contributed by atoms with Crippen LogP contribution in [0.4, 0.5) is 5.00 Å². The van der Waals surface area contributed by atoms with Crippen molar-refractivity contribution in [2.24, 2.45) is 11.7 Å².